The summed E-state index contributed by atoms with van der Waals surface area (Å²) in [7, 11) is -9.48. The highest BCUT2D eigenvalue weighted by Crippen LogP contribution is 2.39. The minimum Gasteiger partial charge on any atom is -0.465 e. The summed E-state index contributed by atoms with van der Waals surface area (Å²) in [5.41, 5.74) is 9.36. The van der Waals surface area contributed by atoms with Gasteiger partial charge in [-0.25, -0.2) is 28.7 Å². The number of aliphatic hydroxyl groups excluding tert-OH is 4. The number of hydrogen-bond acceptors (Lipinski definition) is 18. The van der Waals surface area contributed by atoms with E-state index in [2.05, 4.69) is 34.3 Å². The summed E-state index contributed by atoms with van der Waals surface area (Å²) < 4.78 is 42.5. The zero-order valence-corrected chi connectivity index (χ0v) is 28.9. The molecule has 0 spiro atoms. The van der Waals surface area contributed by atoms with E-state index in [0.29, 0.717) is 13.1 Å². The van der Waals surface area contributed by atoms with E-state index in [0.717, 1.165) is 23.7 Å². The lowest BCUT2D eigenvalue weighted by Crippen LogP contribution is -2.36. The van der Waals surface area contributed by atoms with Crippen LogP contribution in [0.1, 0.15) is 25.3 Å². The van der Waals surface area contributed by atoms with Gasteiger partial charge in [0.2, 0.25) is 0 Å². The summed E-state index contributed by atoms with van der Waals surface area (Å²) in [5.74, 6) is -0.0225. The third-order valence-corrected chi connectivity index (χ3v) is 8.13. The molecule has 29 heteroatoms. The lowest BCUT2D eigenvalue weighted by atomic mass is 10.1. The first-order valence-electron chi connectivity index (χ1n) is 15.1. The molecule has 0 saturated carbocycles. The fourth-order valence-electron chi connectivity index (χ4n) is 4.67. The topological polar surface area (TPSA) is 433 Å². The molecule has 2 saturated heterocycles. The van der Waals surface area contributed by atoms with Crippen LogP contribution in [0.4, 0.5) is 10.6 Å². The van der Waals surface area contributed by atoms with Crippen LogP contribution in [0.15, 0.2) is 34.5 Å². The van der Waals surface area contributed by atoms with E-state index in [4.69, 9.17) is 45.6 Å². The maximum Gasteiger partial charge on any atom is 0.469 e. The van der Waals surface area contributed by atoms with Crippen LogP contribution in [-0.2, 0) is 27.7 Å². The Balaban J connectivity index is 0.000000234. The number of ether oxygens (including phenoxy) is 2. The molecule has 3 aromatic rings. The molecule has 0 aromatic carbocycles. The van der Waals surface area contributed by atoms with Gasteiger partial charge in [0.15, 0.2) is 23.6 Å². The molecule has 2 aliphatic heterocycles. The fraction of sp³-hybridized carbons (Fsp3) is 0.583. The highest BCUT2D eigenvalue weighted by molar-refractivity contribution is 7.46. The lowest BCUT2D eigenvalue weighted by molar-refractivity contribution is -0.0542. The molecule has 0 aliphatic carbocycles. The molecule has 298 valence electrons. The first-order chi connectivity index (χ1) is 24.7. The molecule has 27 nitrogen and oxygen atoms in total. The Morgan fingerprint density at radius 2 is 1.45 bits per heavy atom. The number of imidazole rings is 1. The summed E-state index contributed by atoms with van der Waals surface area (Å²) in [6.07, 6.45) is -6.39. The lowest BCUT2D eigenvalue weighted by Gasteiger charge is -2.16. The molecule has 3 aromatic heterocycles. The van der Waals surface area contributed by atoms with Crippen molar-refractivity contribution in [3.63, 3.8) is 0 Å². The summed E-state index contributed by atoms with van der Waals surface area (Å²) in [6.45, 7) is -0.149. The van der Waals surface area contributed by atoms with E-state index in [1.807, 2.05) is 0 Å². The van der Waals surface area contributed by atoms with Crippen molar-refractivity contribution in [3.8, 4) is 0 Å². The number of aliphatic hydroxyl groups is 4. The van der Waals surface area contributed by atoms with Crippen LogP contribution >= 0.6 is 15.6 Å². The Hall–Kier alpha value is -3.76. The standard InChI is InChI=1S/C10H13N4O8P.C9H14N3O8P.C5H12N2O2/c15-6-4(1-21-23(18,19)20)22-10(7(6)16)14-3-13-5-8(14)11-2-12-9(5)17;10-5-1-2-12(9(15)11-5)8-7(14)6(13)4(20-8)3-19-21(16,17)18;6-3-1-2-4-7-5(8)9/h2-4,6-7,10,15-16H,1H2,(H,11,12,17)(H2,18,19,20);1-2,4,6-8,13-14H,3H2,(H2,10,11,15)(H2,16,17,18);7H,1-4,6H2,(H,8,9). The number of phosphoric ester groups is 2. The zero-order chi connectivity index (χ0) is 39.7. The number of phosphoric acid groups is 2. The largest absolute Gasteiger partial charge is 0.469 e. The van der Waals surface area contributed by atoms with Gasteiger partial charge >= 0.3 is 27.4 Å². The van der Waals surface area contributed by atoms with E-state index in [-0.39, 0.29) is 17.0 Å². The number of anilines is 1. The monoisotopic (exact) mass is 803 g/mol. The van der Waals surface area contributed by atoms with Crippen molar-refractivity contribution < 1.29 is 77.6 Å². The number of unbranched alkanes of at least 4 members (excludes halogenated alkanes) is 1. The quantitative estimate of drug-likeness (QED) is 0.0605. The van der Waals surface area contributed by atoms with Crippen molar-refractivity contribution in [2.45, 2.75) is 61.9 Å². The third kappa shape index (κ3) is 12.7. The fourth-order valence-corrected chi connectivity index (χ4v) is 5.35. The van der Waals surface area contributed by atoms with Crippen LogP contribution in [0, 0.1) is 0 Å². The molecular weight excluding hydrogens is 764 g/mol. The molecule has 5 rings (SSSR count). The number of hydrogen-bond donors (Lipinski definition) is 13. The maximum atomic E-state index is 11.6. The summed E-state index contributed by atoms with van der Waals surface area (Å²) >= 11 is 0. The van der Waals surface area contributed by atoms with Gasteiger partial charge in [0.25, 0.3) is 5.56 Å². The predicted molar refractivity (Wildman–Crippen MR) is 173 cm³/mol. The number of nitrogens with two attached hydrogens (primary N) is 2. The van der Waals surface area contributed by atoms with E-state index >= 15 is 0 Å². The number of amides is 1. The molecule has 5 heterocycles. The van der Waals surface area contributed by atoms with Gasteiger partial charge in [0.1, 0.15) is 42.4 Å². The van der Waals surface area contributed by atoms with Crippen molar-refractivity contribution >= 4 is 38.7 Å². The number of carbonyl (C=O) groups is 1. The average Bonchev–Trinajstić information content (AvgIpc) is 3.71. The highest BCUT2D eigenvalue weighted by Gasteiger charge is 2.46. The first kappa shape index (κ1) is 43.6. The van der Waals surface area contributed by atoms with Crippen molar-refractivity contribution in [1.82, 2.24) is 34.4 Å². The number of nitrogen functional groups attached to an aromatic ring is 1. The molecule has 15 N–H and O–H groups in total. The number of nitrogens with one attached hydrogen (secondary N) is 2. The van der Waals surface area contributed by atoms with Gasteiger partial charge in [-0.15, -0.1) is 0 Å². The van der Waals surface area contributed by atoms with Gasteiger partial charge < -0.3 is 76.3 Å². The van der Waals surface area contributed by atoms with Crippen LogP contribution in [0.5, 0.6) is 0 Å². The van der Waals surface area contributed by atoms with Gasteiger partial charge in [-0.2, -0.15) is 4.98 Å². The Bertz CT molecular complexity index is 1870. The van der Waals surface area contributed by atoms with E-state index in [1.165, 1.54) is 23.2 Å². The van der Waals surface area contributed by atoms with Gasteiger partial charge in [-0.3, -0.25) is 23.0 Å². The smallest absolute Gasteiger partial charge is 0.465 e. The predicted octanol–water partition coefficient (Wildman–Crippen LogP) is -4.60. The first-order valence-corrected chi connectivity index (χ1v) is 18.1. The van der Waals surface area contributed by atoms with Crippen molar-refractivity contribution in [1.29, 1.82) is 0 Å². The van der Waals surface area contributed by atoms with Gasteiger partial charge in [0, 0.05) is 12.7 Å². The minimum atomic E-state index is -4.74. The zero-order valence-electron chi connectivity index (χ0n) is 27.2. The van der Waals surface area contributed by atoms with Gasteiger partial charge in [0.05, 0.1) is 25.9 Å². The number of fused-ring (bicyclic) bond motifs is 1. The molecule has 8 unspecified atom stereocenters. The Kier molecular flexibility index (Phi) is 15.7. The molecule has 2 aliphatic rings. The van der Waals surface area contributed by atoms with Gasteiger partial charge in [-0.1, -0.05) is 0 Å². The summed E-state index contributed by atoms with van der Waals surface area (Å²) in [5, 5.41) is 49.9. The van der Waals surface area contributed by atoms with Crippen molar-refractivity contribution in [3.05, 3.63) is 45.8 Å². The number of nitrogens with zero attached hydrogens (tertiary/aromatic N) is 5. The minimum absolute atomic E-state index is 0.0210. The highest BCUT2D eigenvalue weighted by atomic mass is 31.2. The van der Waals surface area contributed by atoms with Crippen molar-refractivity contribution in [2.24, 2.45) is 5.73 Å². The van der Waals surface area contributed by atoms with Gasteiger partial charge in [-0.05, 0) is 25.5 Å². The van der Waals surface area contributed by atoms with Crippen LogP contribution in [-0.4, -0.2) is 143 Å². The van der Waals surface area contributed by atoms with Crippen molar-refractivity contribution in [2.75, 3.05) is 32.0 Å². The van der Waals surface area contributed by atoms with Crippen LogP contribution < -0.4 is 28.0 Å². The molecule has 2 fully saturated rings. The average molecular weight is 804 g/mol. The summed E-state index contributed by atoms with van der Waals surface area (Å²) in [4.78, 5) is 81.2. The SMILES string of the molecule is NCCCCNC(=O)O.Nc1ccn(C2OC(COP(=O)(O)O)C(O)C2O)c(=O)n1.O=c1[nH]cnc2c1ncn2C1OC(COP(=O)(O)O)C(O)C1O. The van der Waals surface area contributed by atoms with E-state index in [1.54, 1.807) is 0 Å². The number of aromatic amines is 1. The molecule has 1 amide bonds. The van der Waals surface area contributed by atoms with Crippen LogP contribution in [0.2, 0.25) is 0 Å². The Morgan fingerprint density at radius 1 is 0.906 bits per heavy atom. The second-order valence-electron chi connectivity index (χ2n) is 11.0. The van der Waals surface area contributed by atoms with E-state index in [9.17, 15) is 43.9 Å². The second kappa shape index (κ2) is 19.0. The molecule has 0 radical (unpaired) electrons. The number of H-pyrrole nitrogens is 1. The second-order valence-corrected chi connectivity index (χ2v) is 13.5. The number of carboxylic acid groups (broad SMARTS) is 1. The van der Waals surface area contributed by atoms with Crippen LogP contribution in [0.25, 0.3) is 11.2 Å². The maximum absolute atomic E-state index is 11.6. The molecule has 0 bridgehead atoms. The molecule has 53 heavy (non-hydrogen) atoms. The Labute approximate surface area is 296 Å². The summed E-state index contributed by atoms with van der Waals surface area (Å²) in [6, 6.07) is 1.29. The molecule has 8 atom stereocenters. The number of aromatic nitrogens is 6. The third-order valence-electron chi connectivity index (χ3n) is 7.16. The molecular formula is C24H39N9O18P2. The Morgan fingerprint density at radius 3 is 1.94 bits per heavy atom. The van der Waals surface area contributed by atoms with Crippen LogP contribution in [0.3, 0.4) is 0 Å². The number of rotatable bonds is 12. The van der Waals surface area contributed by atoms with E-state index < -0.39 is 95.3 Å². The normalized spacial score (nSPS) is 25.7.